The lowest BCUT2D eigenvalue weighted by Gasteiger charge is -2.10. The summed E-state index contributed by atoms with van der Waals surface area (Å²) in [6.45, 7) is 3.89. The zero-order valence-corrected chi connectivity index (χ0v) is 11.6. The van der Waals surface area contributed by atoms with Gasteiger partial charge in [0.15, 0.2) is 0 Å². The van der Waals surface area contributed by atoms with Crippen molar-refractivity contribution < 1.29 is 9.50 Å². The van der Waals surface area contributed by atoms with Gasteiger partial charge in [-0.3, -0.25) is 0 Å². The van der Waals surface area contributed by atoms with Gasteiger partial charge in [-0.05, 0) is 32.0 Å². The van der Waals surface area contributed by atoms with E-state index in [1.807, 2.05) is 13.8 Å². The SMILES string of the molecule is Cc1nc(CC(O)c2cc(Cl)ccc2F)sc1C. The molecule has 0 spiro atoms. The molecule has 18 heavy (non-hydrogen) atoms. The Morgan fingerprint density at radius 3 is 2.78 bits per heavy atom. The Hall–Kier alpha value is -0.970. The van der Waals surface area contributed by atoms with Gasteiger partial charge in [-0.25, -0.2) is 9.37 Å². The van der Waals surface area contributed by atoms with Gasteiger partial charge >= 0.3 is 0 Å². The van der Waals surface area contributed by atoms with Gasteiger partial charge in [0.05, 0.1) is 16.8 Å². The molecule has 0 amide bonds. The first-order valence-electron chi connectivity index (χ1n) is 5.53. The van der Waals surface area contributed by atoms with Crippen molar-refractivity contribution in [3.63, 3.8) is 0 Å². The van der Waals surface area contributed by atoms with Crippen LogP contribution in [0.4, 0.5) is 4.39 Å². The number of hydrogen-bond acceptors (Lipinski definition) is 3. The third-order valence-electron chi connectivity index (χ3n) is 2.76. The van der Waals surface area contributed by atoms with Gasteiger partial charge in [0, 0.05) is 21.9 Å². The predicted molar refractivity (Wildman–Crippen MR) is 71.7 cm³/mol. The number of thiazole rings is 1. The number of aliphatic hydroxyl groups excluding tert-OH is 1. The highest BCUT2D eigenvalue weighted by Crippen LogP contribution is 2.26. The Labute approximate surface area is 114 Å². The fourth-order valence-corrected chi connectivity index (χ4v) is 2.82. The van der Waals surface area contributed by atoms with Gasteiger partial charge in [0.25, 0.3) is 0 Å². The van der Waals surface area contributed by atoms with Crippen LogP contribution in [0.5, 0.6) is 0 Å². The normalized spacial score (nSPS) is 12.7. The van der Waals surface area contributed by atoms with Crippen molar-refractivity contribution in [2.75, 3.05) is 0 Å². The monoisotopic (exact) mass is 285 g/mol. The van der Waals surface area contributed by atoms with E-state index in [1.54, 1.807) is 0 Å². The van der Waals surface area contributed by atoms with Gasteiger partial charge in [-0.15, -0.1) is 11.3 Å². The van der Waals surface area contributed by atoms with Crippen LogP contribution >= 0.6 is 22.9 Å². The van der Waals surface area contributed by atoms with Crippen LogP contribution in [-0.4, -0.2) is 10.1 Å². The minimum Gasteiger partial charge on any atom is -0.388 e. The standard InChI is InChI=1S/C13H13ClFNOS/c1-7-8(2)18-13(16-7)6-12(17)10-5-9(14)3-4-11(10)15/h3-5,12,17H,6H2,1-2H3. The molecule has 0 saturated heterocycles. The molecule has 96 valence electrons. The van der Waals surface area contributed by atoms with Crippen molar-refractivity contribution in [1.29, 1.82) is 0 Å². The molecule has 0 bridgehead atoms. The maximum Gasteiger partial charge on any atom is 0.129 e. The van der Waals surface area contributed by atoms with E-state index in [-0.39, 0.29) is 5.56 Å². The van der Waals surface area contributed by atoms with E-state index in [0.717, 1.165) is 15.6 Å². The Balaban J connectivity index is 2.21. The summed E-state index contributed by atoms with van der Waals surface area (Å²) < 4.78 is 13.6. The Kier molecular flexibility index (Phi) is 4.00. The predicted octanol–water partition coefficient (Wildman–Crippen LogP) is 3.83. The van der Waals surface area contributed by atoms with Crippen molar-refractivity contribution in [1.82, 2.24) is 4.98 Å². The summed E-state index contributed by atoms with van der Waals surface area (Å²) in [5.41, 5.74) is 1.17. The van der Waals surface area contributed by atoms with Gasteiger partial charge in [0.2, 0.25) is 0 Å². The van der Waals surface area contributed by atoms with Crippen LogP contribution < -0.4 is 0 Å². The summed E-state index contributed by atoms with van der Waals surface area (Å²) in [4.78, 5) is 5.45. The number of benzene rings is 1. The maximum atomic E-state index is 13.6. The summed E-state index contributed by atoms with van der Waals surface area (Å²) >= 11 is 7.32. The van der Waals surface area contributed by atoms with E-state index < -0.39 is 11.9 Å². The summed E-state index contributed by atoms with van der Waals surface area (Å²) in [6.07, 6.45) is -0.620. The van der Waals surface area contributed by atoms with Crippen LogP contribution in [0, 0.1) is 19.7 Å². The highest BCUT2D eigenvalue weighted by atomic mass is 35.5. The number of hydrogen-bond donors (Lipinski definition) is 1. The largest absolute Gasteiger partial charge is 0.388 e. The average molecular weight is 286 g/mol. The van der Waals surface area contributed by atoms with Crippen LogP contribution in [0.15, 0.2) is 18.2 Å². The van der Waals surface area contributed by atoms with E-state index in [1.165, 1.54) is 29.5 Å². The van der Waals surface area contributed by atoms with Crippen molar-refractivity contribution in [3.8, 4) is 0 Å². The molecule has 1 N–H and O–H groups in total. The topological polar surface area (TPSA) is 33.1 Å². The van der Waals surface area contributed by atoms with E-state index in [9.17, 15) is 9.50 Å². The quantitative estimate of drug-likeness (QED) is 0.930. The van der Waals surface area contributed by atoms with Crippen LogP contribution in [0.1, 0.15) is 27.2 Å². The average Bonchev–Trinajstić information content (AvgIpc) is 2.61. The number of aromatic nitrogens is 1. The fourth-order valence-electron chi connectivity index (χ4n) is 1.67. The second-order valence-electron chi connectivity index (χ2n) is 4.13. The molecule has 1 aromatic carbocycles. The first-order chi connectivity index (χ1) is 8.47. The molecule has 1 unspecified atom stereocenters. The van der Waals surface area contributed by atoms with E-state index in [0.29, 0.717) is 11.4 Å². The molecule has 0 aliphatic carbocycles. The molecule has 0 aliphatic rings. The minimum absolute atomic E-state index is 0.216. The Morgan fingerprint density at radius 1 is 1.44 bits per heavy atom. The molecule has 2 aromatic rings. The van der Waals surface area contributed by atoms with Crippen LogP contribution in [0.2, 0.25) is 5.02 Å². The van der Waals surface area contributed by atoms with Crippen molar-refractivity contribution >= 4 is 22.9 Å². The molecule has 2 rings (SSSR count). The molecule has 0 radical (unpaired) electrons. The number of nitrogens with zero attached hydrogens (tertiary/aromatic N) is 1. The smallest absolute Gasteiger partial charge is 0.129 e. The summed E-state index contributed by atoms with van der Waals surface area (Å²) in [7, 11) is 0. The molecule has 2 nitrogen and oxygen atoms in total. The first kappa shape index (κ1) is 13.5. The Morgan fingerprint density at radius 2 is 2.17 bits per heavy atom. The highest BCUT2D eigenvalue weighted by molar-refractivity contribution is 7.11. The zero-order chi connectivity index (χ0) is 13.3. The minimum atomic E-state index is -0.923. The lowest BCUT2D eigenvalue weighted by atomic mass is 10.1. The summed E-state index contributed by atoms with van der Waals surface area (Å²) in [5, 5.41) is 11.3. The fraction of sp³-hybridized carbons (Fsp3) is 0.308. The number of aliphatic hydroxyl groups is 1. The number of aryl methyl sites for hydroxylation is 2. The van der Waals surface area contributed by atoms with Crippen LogP contribution in [0.25, 0.3) is 0 Å². The van der Waals surface area contributed by atoms with Gasteiger partial charge in [-0.1, -0.05) is 11.6 Å². The zero-order valence-electron chi connectivity index (χ0n) is 10.1. The maximum absolute atomic E-state index is 13.6. The summed E-state index contributed by atoms with van der Waals surface area (Å²) in [6, 6.07) is 4.18. The first-order valence-corrected chi connectivity index (χ1v) is 6.72. The summed E-state index contributed by atoms with van der Waals surface area (Å²) in [5.74, 6) is -0.447. The van der Waals surface area contributed by atoms with Crippen LogP contribution in [0.3, 0.4) is 0 Å². The molecular formula is C13H13ClFNOS. The van der Waals surface area contributed by atoms with Crippen molar-refractivity contribution in [3.05, 3.63) is 50.2 Å². The lowest BCUT2D eigenvalue weighted by molar-refractivity contribution is 0.173. The second kappa shape index (κ2) is 5.34. The third kappa shape index (κ3) is 2.88. The molecule has 5 heteroatoms. The second-order valence-corrected chi connectivity index (χ2v) is 5.86. The molecule has 1 aromatic heterocycles. The van der Waals surface area contributed by atoms with Gasteiger partial charge in [-0.2, -0.15) is 0 Å². The molecular weight excluding hydrogens is 273 g/mol. The number of halogens is 2. The Bertz CT molecular complexity index is 551. The van der Waals surface area contributed by atoms with Crippen LogP contribution in [-0.2, 0) is 6.42 Å². The number of rotatable bonds is 3. The van der Waals surface area contributed by atoms with Crippen molar-refractivity contribution in [2.24, 2.45) is 0 Å². The third-order valence-corrected chi connectivity index (χ3v) is 4.09. The lowest BCUT2D eigenvalue weighted by Crippen LogP contribution is -2.04. The molecule has 0 aliphatic heterocycles. The molecule has 0 saturated carbocycles. The van der Waals surface area contributed by atoms with Gasteiger partial charge in [0.1, 0.15) is 5.82 Å². The molecule has 1 atom stereocenters. The van der Waals surface area contributed by atoms with Crippen molar-refractivity contribution in [2.45, 2.75) is 26.4 Å². The molecule has 0 fully saturated rings. The van der Waals surface area contributed by atoms with E-state index in [4.69, 9.17) is 11.6 Å². The van der Waals surface area contributed by atoms with E-state index in [2.05, 4.69) is 4.98 Å². The molecule has 1 heterocycles. The van der Waals surface area contributed by atoms with Gasteiger partial charge < -0.3 is 5.11 Å². The van der Waals surface area contributed by atoms with E-state index >= 15 is 0 Å². The highest BCUT2D eigenvalue weighted by Gasteiger charge is 2.16.